The van der Waals surface area contributed by atoms with E-state index in [1.54, 1.807) is 18.6 Å². The lowest BCUT2D eigenvalue weighted by atomic mass is 10.3. The second kappa shape index (κ2) is 6.80. The molecule has 1 aliphatic heterocycles. The quantitative estimate of drug-likeness (QED) is 0.797. The Hall–Kier alpha value is -2.69. The van der Waals surface area contributed by atoms with E-state index in [0.717, 1.165) is 11.4 Å². The summed E-state index contributed by atoms with van der Waals surface area (Å²) in [7, 11) is 0. The molecule has 0 saturated carbocycles. The Balaban J connectivity index is 0.000000169. The highest BCUT2D eigenvalue weighted by atomic mass is 15.3. The van der Waals surface area contributed by atoms with Gasteiger partial charge in [0, 0.05) is 18.6 Å². The third-order valence-electron chi connectivity index (χ3n) is 2.08. The molecular weight excluding hydrogens is 226 g/mol. The van der Waals surface area contributed by atoms with E-state index in [1.165, 1.54) is 0 Å². The summed E-state index contributed by atoms with van der Waals surface area (Å²) < 4.78 is 0. The van der Waals surface area contributed by atoms with E-state index < -0.39 is 0 Å². The summed E-state index contributed by atoms with van der Waals surface area (Å²) in [5.74, 6) is 0. The molecule has 0 unspecified atom stereocenters. The normalized spacial score (nSPS) is 12.8. The lowest BCUT2D eigenvalue weighted by Crippen LogP contribution is -2.02. The fourth-order valence-corrected chi connectivity index (χ4v) is 1.26. The number of aromatic amines is 1. The molecule has 5 nitrogen and oxygen atoms in total. The number of rotatable bonds is 1. The maximum atomic E-state index is 3.95. The molecule has 3 rings (SSSR count). The zero-order valence-electron chi connectivity index (χ0n) is 9.69. The average molecular weight is 239 g/mol. The van der Waals surface area contributed by atoms with E-state index in [4.69, 9.17) is 0 Å². The third-order valence-corrected chi connectivity index (χ3v) is 2.08. The first-order chi connectivity index (χ1) is 8.97. The number of allylic oxidation sites excluding steroid dienone is 4. The Bertz CT molecular complexity index is 499. The maximum Gasteiger partial charge on any atom is 0.128 e. The number of hydrogen-bond acceptors (Lipinski definition) is 4. The van der Waals surface area contributed by atoms with Gasteiger partial charge in [0.25, 0.3) is 0 Å². The van der Waals surface area contributed by atoms with Gasteiger partial charge in [-0.15, -0.1) is 0 Å². The van der Waals surface area contributed by atoms with Gasteiger partial charge in [0.2, 0.25) is 0 Å². The zero-order valence-corrected chi connectivity index (χ0v) is 9.69. The minimum Gasteiger partial charge on any atom is -0.360 e. The summed E-state index contributed by atoms with van der Waals surface area (Å²) in [4.78, 5) is 3.78. The van der Waals surface area contributed by atoms with Gasteiger partial charge in [-0.1, -0.05) is 18.2 Å². The first-order valence-corrected chi connectivity index (χ1v) is 5.48. The van der Waals surface area contributed by atoms with E-state index in [-0.39, 0.29) is 0 Å². The molecule has 0 saturated heterocycles. The molecule has 2 aromatic heterocycles. The first-order valence-electron chi connectivity index (χ1n) is 5.48. The lowest BCUT2D eigenvalue weighted by molar-refractivity contribution is 0.932. The van der Waals surface area contributed by atoms with Gasteiger partial charge in [0.1, 0.15) is 5.69 Å². The van der Waals surface area contributed by atoms with Crippen LogP contribution < -0.4 is 5.32 Å². The molecule has 0 radical (unpaired) electrons. The predicted octanol–water partition coefficient (Wildman–Crippen LogP) is 1.90. The topological polar surface area (TPSA) is 66.5 Å². The van der Waals surface area contributed by atoms with Crippen LogP contribution in [0, 0.1) is 0 Å². The van der Waals surface area contributed by atoms with Gasteiger partial charge in [-0.05, 0) is 24.3 Å². The zero-order chi connectivity index (χ0) is 12.5. The van der Waals surface area contributed by atoms with Gasteiger partial charge >= 0.3 is 0 Å². The van der Waals surface area contributed by atoms with Gasteiger partial charge in [0.15, 0.2) is 0 Å². The number of aromatic nitrogens is 4. The van der Waals surface area contributed by atoms with Crippen molar-refractivity contribution < 1.29 is 0 Å². The van der Waals surface area contributed by atoms with Gasteiger partial charge in [-0.25, -0.2) is 0 Å². The Morgan fingerprint density at radius 1 is 0.944 bits per heavy atom. The molecule has 2 aromatic rings. The monoisotopic (exact) mass is 239 g/mol. The van der Waals surface area contributed by atoms with Crippen LogP contribution in [0.3, 0.4) is 0 Å². The van der Waals surface area contributed by atoms with Crippen LogP contribution in [0.2, 0.25) is 0 Å². The van der Waals surface area contributed by atoms with Crippen LogP contribution in [-0.4, -0.2) is 20.4 Å². The highest BCUT2D eigenvalue weighted by Gasteiger charge is 2.01. The Labute approximate surface area is 105 Å². The molecule has 90 valence electrons. The second-order valence-corrected chi connectivity index (χ2v) is 3.35. The van der Waals surface area contributed by atoms with Crippen molar-refractivity contribution in [2.45, 2.75) is 0 Å². The minimum atomic E-state index is 0.811. The molecule has 0 atom stereocenters. The summed E-state index contributed by atoms with van der Waals surface area (Å²) >= 11 is 0. The fraction of sp³-hybridized carbons (Fsp3) is 0. The van der Waals surface area contributed by atoms with Gasteiger partial charge in [0.05, 0.1) is 11.9 Å². The number of hydrogen-bond donors (Lipinski definition) is 2. The molecule has 0 aromatic carbocycles. The van der Waals surface area contributed by atoms with E-state index >= 15 is 0 Å². The number of nitrogens with one attached hydrogen (secondary N) is 2. The predicted molar refractivity (Wildman–Crippen MR) is 70.0 cm³/mol. The largest absolute Gasteiger partial charge is 0.360 e. The maximum absolute atomic E-state index is 3.95. The van der Waals surface area contributed by atoms with E-state index in [2.05, 4.69) is 25.7 Å². The minimum absolute atomic E-state index is 0.811. The summed E-state index contributed by atoms with van der Waals surface area (Å²) in [6.45, 7) is 0. The van der Waals surface area contributed by atoms with Crippen LogP contribution in [0.4, 0.5) is 0 Å². The lowest BCUT2D eigenvalue weighted by Gasteiger charge is -1.99. The number of H-pyrrole nitrogens is 1. The van der Waals surface area contributed by atoms with Gasteiger partial charge < -0.3 is 5.32 Å². The Kier molecular flexibility index (Phi) is 4.45. The highest BCUT2D eigenvalue weighted by Crippen LogP contribution is 2.07. The molecule has 2 N–H and O–H groups in total. The third kappa shape index (κ3) is 3.71. The van der Waals surface area contributed by atoms with Crippen molar-refractivity contribution in [1.29, 1.82) is 0 Å². The van der Waals surface area contributed by atoms with Crippen LogP contribution in [0.25, 0.3) is 5.70 Å². The smallest absolute Gasteiger partial charge is 0.128 e. The Morgan fingerprint density at radius 3 is 2.44 bits per heavy atom. The summed E-state index contributed by atoms with van der Waals surface area (Å²) in [5, 5.41) is 13.3. The molecule has 18 heavy (non-hydrogen) atoms. The molecule has 0 amide bonds. The van der Waals surface area contributed by atoms with Crippen LogP contribution in [-0.2, 0) is 0 Å². The molecule has 0 aliphatic carbocycles. The molecule has 1 aliphatic rings. The van der Waals surface area contributed by atoms with Crippen molar-refractivity contribution in [3.8, 4) is 0 Å². The average Bonchev–Trinajstić information content (AvgIpc) is 2.84. The molecule has 0 bridgehead atoms. The summed E-state index contributed by atoms with van der Waals surface area (Å²) in [5.41, 5.74) is 1.75. The van der Waals surface area contributed by atoms with Crippen molar-refractivity contribution in [2.24, 2.45) is 0 Å². The molecule has 0 fully saturated rings. The van der Waals surface area contributed by atoms with Crippen molar-refractivity contribution in [2.75, 3.05) is 0 Å². The molecule has 5 heteroatoms. The number of nitrogens with zero attached hydrogens (tertiary/aromatic N) is 3. The summed E-state index contributed by atoms with van der Waals surface area (Å²) in [6.07, 6.45) is 14.8. The molecule has 3 heterocycles. The molecular formula is C13H13N5. The second-order valence-electron chi connectivity index (χ2n) is 3.35. The van der Waals surface area contributed by atoms with E-state index in [1.807, 2.05) is 48.7 Å². The van der Waals surface area contributed by atoms with Crippen LogP contribution in [0.15, 0.2) is 67.3 Å². The van der Waals surface area contributed by atoms with Crippen LogP contribution >= 0.6 is 0 Å². The van der Waals surface area contributed by atoms with Crippen LogP contribution in [0.5, 0.6) is 0 Å². The van der Waals surface area contributed by atoms with Crippen molar-refractivity contribution >= 4 is 5.70 Å². The van der Waals surface area contributed by atoms with Crippen molar-refractivity contribution in [1.82, 2.24) is 25.7 Å². The summed E-state index contributed by atoms with van der Waals surface area (Å²) in [6, 6.07) is 5.72. The van der Waals surface area contributed by atoms with Crippen molar-refractivity contribution in [3.63, 3.8) is 0 Å². The Morgan fingerprint density at radius 2 is 1.83 bits per heavy atom. The SMILES string of the molecule is C1=CC=C(c2cn[nH]n2)NC=C1.c1ccncc1. The first kappa shape index (κ1) is 11.8. The standard InChI is InChI=1S/C8H8N4.C5H5N/c1-2-4-7(9-5-3-1)8-6-10-12-11-8;1-2-4-6-5-3-1/h1-6,9H,(H,10,11,12);1-5H. The van der Waals surface area contributed by atoms with E-state index in [9.17, 15) is 0 Å². The molecule has 0 spiro atoms. The fourth-order valence-electron chi connectivity index (χ4n) is 1.26. The highest BCUT2D eigenvalue weighted by molar-refractivity contribution is 5.63. The van der Waals surface area contributed by atoms with E-state index in [0.29, 0.717) is 0 Å². The number of pyridine rings is 1. The van der Waals surface area contributed by atoms with Crippen LogP contribution in [0.1, 0.15) is 5.69 Å². The van der Waals surface area contributed by atoms with Crippen molar-refractivity contribution in [3.05, 3.63) is 73.0 Å². The van der Waals surface area contributed by atoms with Gasteiger partial charge in [-0.2, -0.15) is 15.4 Å². The van der Waals surface area contributed by atoms with Gasteiger partial charge in [-0.3, -0.25) is 4.98 Å².